The standard InChI is InChI=1S/C15H17F2N3S/c16-15(17)21-14-7-2-1-6-12(14)20-10-18-9-13(20)11-5-3-4-8-19-11/h1-2,6-7,9-11,15,19H,3-5,8H2. The van der Waals surface area contributed by atoms with Gasteiger partial charge in [0.2, 0.25) is 0 Å². The van der Waals surface area contributed by atoms with Gasteiger partial charge in [-0.2, -0.15) is 8.78 Å². The van der Waals surface area contributed by atoms with E-state index < -0.39 is 5.76 Å². The molecule has 0 saturated carbocycles. The lowest BCUT2D eigenvalue weighted by Crippen LogP contribution is -2.28. The monoisotopic (exact) mass is 309 g/mol. The predicted octanol–water partition coefficient (Wildman–Crippen LogP) is 4.00. The average molecular weight is 309 g/mol. The zero-order chi connectivity index (χ0) is 14.7. The number of rotatable bonds is 4. The highest BCUT2D eigenvalue weighted by Gasteiger charge is 2.20. The van der Waals surface area contributed by atoms with E-state index in [1.165, 1.54) is 12.8 Å². The Hall–Kier alpha value is -1.40. The molecule has 3 nitrogen and oxygen atoms in total. The Kier molecular flexibility index (Phi) is 4.55. The molecule has 1 atom stereocenters. The van der Waals surface area contributed by atoms with Crippen LogP contribution in [0.25, 0.3) is 5.69 Å². The summed E-state index contributed by atoms with van der Waals surface area (Å²) in [5, 5.41) is 3.48. The molecular weight excluding hydrogens is 292 g/mol. The molecule has 2 aromatic rings. The third-order valence-corrected chi connectivity index (χ3v) is 4.45. The van der Waals surface area contributed by atoms with Gasteiger partial charge in [-0.15, -0.1) is 0 Å². The van der Waals surface area contributed by atoms with Crippen LogP contribution in [0.5, 0.6) is 0 Å². The van der Waals surface area contributed by atoms with E-state index in [4.69, 9.17) is 0 Å². The topological polar surface area (TPSA) is 29.9 Å². The van der Waals surface area contributed by atoms with E-state index in [0.29, 0.717) is 16.7 Å². The van der Waals surface area contributed by atoms with Gasteiger partial charge in [0.1, 0.15) is 0 Å². The number of thioether (sulfide) groups is 1. The molecule has 0 spiro atoms. The number of hydrogen-bond acceptors (Lipinski definition) is 3. The Bertz CT molecular complexity index is 594. The van der Waals surface area contributed by atoms with Gasteiger partial charge in [0.05, 0.1) is 23.9 Å². The summed E-state index contributed by atoms with van der Waals surface area (Å²) in [4.78, 5) is 4.79. The molecule has 1 aromatic heterocycles. The van der Waals surface area contributed by atoms with E-state index in [9.17, 15) is 8.78 Å². The van der Waals surface area contributed by atoms with Crippen molar-refractivity contribution in [3.63, 3.8) is 0 Å². The lowest BCUT2D eigenvalue weighted by Gasteiger charge is -2.25. The van der Waals surface area contributed by atoms with Crippen LogP contribution >= 0.6 is 11.8 Å². The molecule has 1 aliphatic heterocycles. The summed E-state index contributed by atoms with van der Waals surface area (Å²) in [6.07, 6.45) is 6.94. The van der Waals surface area contributed by atoms with Crippen LogP contribution in [0.1, 0.15) is 31.0 Å². The minimum absolute atomic E-state index is 0.242. The molecular formula is C15H17F2N3S. The molecule has 21 heavy (non-hydrogen) atoms. The van der Waals surface area contributed by atoms with Crippen LogP contribution in [0.3, 0.4) is 0 Å². The molecule has 1 N–H and O–H groups in total. The number of alkyl halides is 2. The van der Waals surface area contributed by atoms with Crippen LogP contribution in [0.15, 0.2) is 41.7 Å². The number of aromatic nitrogens is 2. The summed E-state index contributed by atoms with van der Waals surface area (Å²) in [6.45, 7) is 0.989. The fourth-order valence-electron chi connectivity index (χ4n) is 2.72. The van der Waals surface area contributed by atoms with Crippen molar-refractivity contribution in [2.75, 3.05) is 6.54 Å². The van der Waals surface area contributed by atoms with Gasteiger partial charge < -0.3 is 9.88 Å². The lowest BCUT2D eigenvalue weighted by molar-refractivity contribution is 0.252. The van der Waals surface area contributed by atoms with Crippen LogP contribution in [-0.2, 0) is 0 Å². The zero-order valence-corrected chi connectivity index (χ0v) is 12.3. The second-order valence-corrected chi connectivity index (χ2v) is 6.07. The van der Waals surface area contributed by atoms with Gasteiger partial charge in [-0.05, 0) is 31.5 Å². The maximum absolute atomic E-state index is 12.7. The first kappa shape index (κ1) is 14.5. The van der Waals surface area contributed by atoms with E-state index in [0.717, 1.165) is 24.3 Å². The van der Waals surface area contributed by atoms with Crippen molar-refractivity contribution in [2.24, 2.45) is 0 Å². The smallest absolute Gasteiger partial charge is 0.288 e. The van der Waals surface area contributed by atoms with E-state index in [-0.39, 0.29) is 6.04 Å². The highest BCUT2D eigenvalue weighted by atomic mass is 32.2. The first-order chi connectivity index (χ1) is 10.3. The van der Waals surface area contributed by atoms with Gasteiger partial charge in [0, 0.05) is 10.9 Å². The maximum Gasteiger partial charge on any atom is 0.288 e. The lowest BCUT2D eigenvalue weighted by atomic mass is 10.0. The third-order valence-electron chi connectivity index (χ3n) is 3.68. The fourth-order valence-corrected chi connectivity index (χ4v) is 3.36. The third kappa shape index (κ3) is 3.27. The molecule has 0 radical (unpaired) electrons. The van der Waals surface area contributed by atoms with Gasteiger partial charge in [0.15, 0.2) is 0 Å². The molecule has 1 aromatic carbocycles. The highest BCUT2D eigenvalue weighted by Crippen LogP contribution is 2.33. The summed E-state index contributed by atoms with van der Waals surface area (Å²) < 4.78 is 27.4. The Labute approximate surface area is 126 Å². The Morgan fingerprint density at radius 3 is 2.90 bits per heavy atom. The Morgan fingerprint density at radius 2 is 2.14 bits per heavy atom. The van der Waals surface area contributed by atoms with Crippen molar-refractivity contribution in [1.82, 2.24) is 14.9 Å². The maximum atomic E-state index is 12.7. The van der Waals surface area contributed by atoms with Crippen LogP contribution in [0, 0.1) is 0 Å². The number of halogens is 2. The van der Waals surface area contributed by atoms with E-state index in [2.05, 4.69) is 10.3 Å². The molecule has 112 valence electrons. The van der Waals surface area contributed by atoms with Crippen LogP contribution in [0.4, 0.5) is 8.78 Å². The fraction of sp³-hybridized carbons (Fsp3) is 0.400. The minimum Gasteiger partial charge on any atom is -0.309 e. The Morgan fingerprint density at radius 1 is 1.29 bits per heavy atom. The van der Waals surface area contributed by atoms with Crippen molar-refractivity contribution < 1.29 is 8.78 Å². The number of nitrogens with one attached hydrogen (secondary N) is 1. The van der Waals surface area contributed by atoms with Crippen molar-refractivity contribution in [1.29, 1.82) is 0 Å². The molecule has 2 heterocycles. The van der Waals surface area contributed by atoms with Gasteiger partial charge in [0.25, 0.3) is 5.76 Å². The van der Waals surface area contributed by atoms with Crippen molar-refractivity contribution >= 4 is 11.8 Å². The Balaban J connectivity index is 1.96. The molecule has 3 rings (SSSR count). The van der Waals surface area contributed by atoms with Crippen molar-refractivity contribution in [2.45, 2.75) is 36.0 Å². The average Bonchev–Trinajstić information content (AvgIpc) is 2.97. The second kappa shape index (κ2) is 6.58. The van der Waals surface area contributed by atoms with Crippen LogP contribution < -0.4 is 5.32 Å². The predicted molar refractivity (Wildman–Crippen MR) is 80.0 cm³/mol. The molecule has 0 amide bonds. The summed E-state index contributed by atoms with van der Waals surface area (Å²) in [5.41, 5.74) is 1.81. The number of imidazole rings is 1. The van der Waals surface area contributed by atoms with Gasteiger partial charge >= 0.3 is 0 Å². The normalized spacial score (nSPS) is 19.1. The number of benzene rings is 1. The largest absolute Gasteiger partial charge is 0.309 e. The molecule has 0 bridgehead atoms. The van der Waals surface area contributed by atoms with Gasteiger partial charge in [-0.25, -0.2) is 4.98 Å². The van der Waals surface area contributed by atoms with Crippen molar-refractivity contribution in [3.8, 4) is 5.69 Å². The first-order valence-electron chi connectivity index (χ1n) is 7.05. The minimum atomic E-state index is -2.43. The number of para-hydroxylation sites is 1. The molecule has 0 aliphatic carbocycles. The summed E-state index contributed by atoms with van der Waals surface area (Å²) in [5.74, 6) is -2.43. The number of hydrogen-bond donors (Lipinski definition) is 1. The summed E-state index contributed by atoms with van der Waals surface area (Å²) >= 11 is 0.576. The molecule has 6 heteroatoms. The number of piperidine rings is 1. The summed E-state index contributed by atoms with van der Waals surface area (Å²) in [7, 11) is 0. The van der Waals surface area contributed by atoms with E-state index >= 15 is 0 Å². The molecule has 1 fully saturated rings. The second-order valence-electron chi connectivity index (χ2n) is 5.04. The van der Waals surface area contributed by atoms with Crippen LogP contribution in [-0.4, -0.2) is 21.9 Å². The molecule has 1 aliphatic rings. The van der Waals surface area contributed by atoms with Crippen LogP contribution in [0.2, 0.25) is 0 Å². The quantitative estimate of drug-likeness (QED) is 0.866. The highest BCUT2D eigenvalue weighted by molar-refractivity contribution is 7.99. The van der Waals surface area contributed by atoms with E-state index in [1.54, 1.807) is 18.5 Å². The SMILES string of the molecule is FC(F)Sc1ccccc1-n1cncc1C1CCCCN1. The number of nitrogens with zero attached hydrogens (tertiary/aromatic N) is 2. The summed E-state index contributed by atoms with van der Waals surface area (Å²) in [6, 6.07) is 7.47. The van der Waals surface area contributed by atoms with Crippen molar-refractivity contribution in [3.05, 3.63) is 42.5 Å². The van der Waals surface area contributed by atoms with Gasteiger partial charge in [-0.1, -0.05) is 30.3 Å². The molecule has 1 saturated heterocycles. The van der Waals surface area contributed by atoms with Gasteiger partial charge in [-0.3, -0.25) is 0 Å². The molecule has 1 unspecified atom stereocenters. The zero-order valence-electron chi connectivity index (χ0n) is 11.5. The first-order valence-corrected chi connectivity index (χ1v) is 7.93. The van der Waals surface area contributed by atoms with E-state index in [1.807, 2.05) is 22.9 Å².